The highest BCUT2D eigenvalue weighted by atomic mass is 19.4. The molecule has 10 heteroatoms. The Morgan fingerprint density at radius 3 is 2.18 bits per heavy atom. The van der Waals surface area contributed by atoms with Gasteiger partial charge in [-0.2, -0.15) is 13.2 Å². The molecule has 33 heavy (non-hydrogen) atoms. The Hall–Kier alpha value is -3.95. The molecule has 0 aliphatic carbocycles. The van der Waals surface area contributed by atoms with Crippen LogP contribution in [0.4, 0.5) is 22.0 Å². The second-order valence-corrected chi connectivity index (χ2v) is 6.90. The highest BCUT2D eigenvalue weighted by Crippen LogP contribution is 2.31. The molecule has 172 valence electrons. The highest BCUT2D eigenvalue weighted by molar-refractivity contribution is 5.94. The number of alkyl halides is 3. The van der Waals surface area contributed by atoms with Crippen molar-refractivity contribution in [3.8, 4) is 16.9 Å². The summed E-state index contributed by atoms with van der Waals surface area (Å²) >= 11 is 0. The number of amides is 1. The van der Waals surface area contributed by atoms with Gasteiger partial charge >= 0.3 is 12.1 Å². The number of ether oxygens (including phenoxy) is 1. The molecule has 2 N–H and O–H groups in total. The number of nitrogens with one attached hydrogen (secondary N) is 1. The van der Waals surface area contributed by atoms with Gasteiger partial charge in [0.05, 0.1) is 23.8 Å². The SMILES string of the molecule is COc1ccc(-c2ccc(F)c(C(=O)O)c2)cc1CNC(=O)c1ccc(C(F)(F)F)cc1F. The lowest BCUT2D eigenvalue weighted by molar-refractivity contribution is -0.137. The number of benzene rings is 3. The van der Waals surface area contributed by atoms with Gasteiger partial charge in [0, 0.05) is 12.1 Å². The maximum absolute atomic E-state index is 14.1. The average molecular weight is 465 g/mol. The molecule has 0 atom stereocenters. The van der Waals surface area contributed by atoms with Crippen LogP contribution in [0.2, 0.25) is 0 Å². The Morgan fingerprint density at radius 1 is 0.909 bits per heavy atom. The minimum absolute atomic E-state index is 0.177. The van der Waals surface area contributed by atoms with Gasteiger partial charge in [0.15, 0.2) is 0 Å². The lowest BCUT2D eigenvalue weighted by Gasteiger charge is -2.13. The second kappa shape index (κ2) is 9.27. The summed E-state index contributed by atoms with van der Waals surface area (Å²) in [6.45, 7) is -0.177. The smallest absolute Gasteiger partial charge is 0.416 e. The monoisotopic (exact) mass is 465 g/mol. The number of methoxy groups -OCH3 is 1. The molecule has 0 spiro atoms. The Kier molecular flexibility index (Phi) is 6.66. The summed E-state index contributed by atoms with van der Waals surface area (Å²) in [6.07, 6.45) is -4.75. The van der Waals surface area contributed by atoms with E-state index in [1.807, 2.05) is 0 Å². The van der Waals surface area contributed by atoms with Crippen LogP contribution in [0.5, 0.6) is 5.75 Å². The lowest BCUT2D eigenvalue weighted by Crippen LogP contribution is -2.24. The van der Waals surface area contributed by atoms with E-state index in [-0.39, 0.29) is 12.6 Å². The van der Waals surface area contributed by atoms with Crippen molar-refractivity contribution < 1.29 is 41.4 Å². The molecule has 3 aromatic carbocycles. The van der Waals surface area contributed by atoms with Crippen LogP contribution in [0, 0.1) is 11.6 Å². The van der Waals surface area contributed by atoms with E-state index in [2.05, 4.69) is 5.32 Å². The van der Waals surface area contributed by atoms with E-state index >= 15 is 0 Å². The van der Waals surface area contributed by atoms with Crippen LogP contribution in [0.15, 0.2) is 54.6 Å². The second-order valence-electron chi connectivity index (χ2n) is 6.90. The Bertz CT molecular complexity index is 1220. The predicted octanol–water partition coefficient (Wildman–Crippen LogP) is 5.29. The van der Waals surface area contributed by atoms with Gasteiger partial charge in [-0.3, -0.25) is 4.79 Å². The summed E-state index contributed by atoms with van der Waals surface area (Å²) in [5.41, 5.74) is -1.01. The highest BCUT2D eigenvalue weighted by Gasteiger charge is 2.31. The van der Waals surface area contributed by atoms with Crippen molar-refractivity contribution in [2.75, 3.05) is 7.11 Å². The topological polar surface area (TPSA) is 75.6 Å². The summed E-state index contributed by atoms with van der Waals surface area (Å²) < 4.78 is 71.0. The van der Waals surface area contributed by atoms with Crippen molar-refractivity contribution in [2.24, 2.45) is 0 Å². The zero-order valence-corrected chi connectivity index (χ0v) is 17.0. The van der Waals surface area contributed by atoms with Gasteiger partial charge in [-0.1, -0.05) is 12.1 Å². The number of carboxylic acid groups (broad SMARTS) is 1. The van der Waals surface area contributed by atoms with E-state index in [4.69, 9.17) is 9.84 Å². The maximum Gasteiger partial charge on any atom is 0.416 e. The third-order valence-electron chi connectivity index (χ3n) is 4.79. The van der Waals surface area contributed by atoms with Crippen molar-refractivity contribution in [1.29, 1.82) is 0 Å². The zero-order chi connectivity index (χ0) is 24.3. The molecule has 0 saturated carbocycles. The molecular weight excluding hydrogens is 449 g/mol. The summed E-state index contributed by atoms with van der Waals surface area (Å²) in [6, 6.07) is 9.82. The van der Waals surface area contributed by atoms with E-state index in [9.17, 15) is 31.5 Å². The van der Waals surface area contributed by atoms with Gasteiger partial charge in [-0.15, -0.1) is 0 Å². The quantitative estimate of drug-likeness (QED) is 0.486. The normalized spacial score (nSPS) is 11.2. The molecule has 0 saturated heterocycles. The molecule has 0 aromatic heterocycles. The van der Waals surface area contributed by atoms with Crippen LogP contribution in [0.1, 0.15) is 31.8 Å². The number of carboxylic acids is 1. The first-order valence-corrected chi connectivity index (χ1v) is 9.36. The molecule has 0 bridgehead atoms. The molecule has 0 fully saturated rings. The fourth-order valence-electron chi connectivity index (χ4n) is 3.11. The molecule has 0 aliphatic rings. The predicted molar refractivity (Wildman–Crippen MR) is 108 cm³/mol. The first-order valence-electron chi connectivity index (χ1n) is 9.36. The van der Waals surface area contributed by atoms with Crippen molar-refractivity contribution in [3.63, 3.8) is 0 Å². The van der Waals surface area contributed by atoms with E-state index in [1.165, 1.54) is 13.2 Å². The largest absolute Gasteiger partial charge is 0.496 e. The Morgan fingerprint density at radius 2 is 1.58 bits per heavy atom. The van der Waals surface area contributed by atoms with Gasteiger partial charge in [0.1, 0.15) is 17.4 Å². The van der Waals surface area contributed by atoms with Crippen LogP contribution >= 0.6 is 0 Å². The van der Waals surface area contributed by atoms with Gasteiger partial charge < -0.3 is 15.2 Å². The first-order chi connectivity index (χ1) is 15.5. The van der Waals surface area contributed by atoms with Crippen molar-refractivity contribution in [3.05, 3.63) is 88.5 Å². The molecule has 0 radical (unpaired) electrons. The number of aromatic carboxylic acids is 1. The number of carbonyl (C=O) groups is 2. The molecule has 0 heterocycles. The first kappa shape index (κ1) is 23.7. The van der Waals surface area contributed by atoms with Gasteiger partial charge in [-0.05, 0) is 53.6 Å². The van der Waals surface area contributed by atoms with Crippen LogP contribution in [0.25, 0.3) is 11.1 Å². The fourth-order valence-corrected chi connectivity index (χ4v) is 3.11. The van der Waals surface area contributed by atoms with E-state index in [0.29, 0.717) is 28.5 Å². The van der Waals surface area contributed by atoms with Crippen LogP contribution in [-0.4, -0.2) is 24.1 Å². The molecule has 5 nitrogen and oxygen atoms in total. The maximum atomic E-state index is 14.1. The van der Waals surface area contributed by atoms with Crippen LogP contribution in [0.3, 0.4) is 0 Å². The number of halogens is 5. The summed E-state index contributed by atoms with van der Waals surface area (Å²) in [7, 11) is 1.37. The third kappa shape index (κ3) is 5.28. The van der Waals surface area contributed by atoms with Crippen LogP contribution < -0.4 is 10.1 Å². The fraction of sp³-hybridized carbons (Fsp3) is 0.130. The molecule has 3 rings (SSSR count). The molecular formula is C23H16F5NO4. The standard InChI is InChI=1S/C23H16F5NO4/c1-33-20-7-3-12(13-2-6-18(24)17(9-13)22(31)32)8-14(20)11-29-21(30)16-5-4-15(10-19(16)25)23(26,27)28/h2-10H,11H2,1H3,(H,29,30)(H,31,32). The van der Waals surface area contributed by atoms with Crippen molar-refractivity contribution >= 4 is 11.9 Å². The van der Waals surface area contributed by atoms with Gasteiger partial charge in [0.2, 0.25) is 0 Å². The summed E-state index contributed by atoms with van der Waals surface area (Å²) in [4.78, 5) is 23.5. The Balaban J connectivity index is 1.85. The minimum Gasteiger partial charge on any atom is -0.496 e. The average Bonchev–Trinajstić information content (AvgIpc) is 2.76. The summed E-state index contributed by atoms with van der Waals surface area (Å²) in [5.74, 6) is -4.26. The zero-order valence-electron chi connectivity index (χ0n) is 17.0. The molecule has 0 unspecified atom stereocenters. The summed E-state index contributed by atoms with van der Waals surface area (Å²) in [5, 5.41) is 11.5. The van der Waals surface area contributed by atoms with Crippen molar-refractivity contribution in [1.82, 2.24) is 5.32 Å². The number of rotatable bonds is 6. The number of carbonyl (C=O) groups excluding carboxylic acids is 1. The van der Waals surface area contributed by atoms with E-state index in [0.717, 1.165) is 18.2 Å². The van der Waals surface area contributed by atoms with E-state index in [1.54, 1.807) is 18.2 Å². The van der Waals surface area contributed by atoms with Gasteiger partial charge in [-0.25, -0.2) is 13.6 Å². The third-order valence-corrected chi connectivity index (χ3v) is 4.79. The molecule has 3 aromatic rings. The Labute approximate surface area is 184 Å². The molecule has 1 amide bonds. The number of hydrogen-bond donors (Lipinski definition) is 2. The van der Waals surface area contributed by atoms with Gasteiger partial charge in [0.25, 0.3) is 5.91 Å². The van der Waals surface area contributed by atoms with Crippen molar-refractivity contribution in [2.45, 2.75) is 12.7 Å². The van der Waals surface area contributed by atoms with E-state index < -0.39 is 46.4 Å². The van der Waals surface area contributed by atoms with Crippen LogP contribution in [-0.2, 0) is 12.7 Å². The minimum atomic E-state index is -4.75. The molecule has 0 aliphatic heterocycles. The number of hydrogen-bond acceptors (Lipinski definition) is 3. The lowest BCUT2D eigenvalue weighted by atomic mass is 10.00.